The second-order valence-electron chi connectivity index (χ2n) is 6.66. The summed E-state index contributed by atoms with van der Waals surface area (Å²) in [5.74, 6) is -0.332. The highest BCUT2D eigenvalue weighted by Crippen LogP contribution is 2.25. The standard InChI is InChI=1S/C20H22F2N4/c1-12(2)17(23)11-24-20-9-15-18(25-26-19(15)10-16(20)22)8-5-13-3-6-14(21)7-4-13/h3-10,12,17,24H,11,23H2,1-2H3,(H,25,26)/b8-5+. The molecule has 2 aromatic carbocycles. The largest absolute Gasteiger partial charge is 0.381 e. The maximum absolute atomic E-state index is 14.3. The third kappa shape index (κ3) is 4.08. The predicted molar refractivity (Wildman–Crippen MR) is 103 cm³/mol. The van der Waals surface area contributed by atoms with Crippen LogP contribution in [0.2, 0.25) is 0 Å². The fraction of sp³-hybridized carbons (Fsp3) is 0.250. The Bertz CT molecular complexity index is 913. The van der Waals surface area contributed by atoms with Crippen LogP contribution in [0.4, 0.5) is 14.5 Å². The predicted octanol–water partition coefficient (Wildman–Crippen LogP) is 4.41. The molecule has 0 bridgehead atoms. The van der Waals surface area contributed by atoms with E-state index in [1.54, 1.807) is 18.2 Å². The fourth-order valence-electron chi connectivity index (χ4n) is 2.53. The number of nitrogens with two attached hydrogens (primary N) is 1. The molecular formula is C20H22F2N4. The van der Waals surface area contributed by atoms with Crippen LogP contribution < -0.4 is 11.1 Å². The highest BCUT2D eigenvalue weighted by Gasteiger charge is 2.12. The third-order valence-corrected chi connectivity index (χ3v) is 4.37. The third-order valence-electron chi connectivity index (χ3n) is 4.37. The summed E-state index contributed by atoms with van der Waals surface area (Å²) < 4.78 is 27.2. The lowest BCUT2D eigenvalue weighted by Gasteiger charge is -2.17. The highest BCUT2D eigenvalue weighted by molar-refractivity contribution is 5.91. The van der Waals surface area contributed by atoms with Gasteiger partial charge in [0.05, 0.1) is 16.9 Å². The number of hydrogen-bond acceptors (Lipinski definition) is 3. The first kappa shape index (κ1) is 18.1. The van der Waals surface area contributed by atoms with Gasteiger partial charge in [0.25, 0.3) is 0 Å². The van der Waals surface area contributed by atoms with Crippen molar-refractivity contribution in [3.63, 3.8) is 0 Å². The average molecular weight is 356 g/mol. The lowest BCUT2D eigenvalue weighted by atomic mass is 10.1. The molecule has 0 spiro atoms. The number of aromatic amines is 1. The van der Waals surface area contributed by atoms with Gasteiger partial charge in [-0.15, -0.1) is 0 Å². The molecule has 0 radical (unpaired) electrons. The molecule has 26 heavy (non-hydrogen) atoms. The molecule has 0 aliphatic rings. The number of rotatable bonds is 6. The van der Waals surface area contributed by atoms with E-state index in [0.717, 1.165) is 10.9 Å². The Morgan fingerprint density at radius 2 is 1.88 bits per heavy atom. The van der Waals surface area contributed by atoms with E-state index in [2.05, 4.69) is 15.5 Å². The lowest BCUT2D eigenvalue weighted by molar-refractivity contribution is 0.510. The minimum absolute atomic E-state index is 0.0627. The first-order valence-corrected chi connectivity index (χ1v) is 8.55. The van der Waals surface area contributed by atoms with Gasteiger partial charge >= 0.3 is 0 Å². The number of nitrogens with one attached hydrogen (secondary N) is 2. The quantitative estimate of drug-likeness (QED) is 0.613. The molecule has 0 aliphatic carbocycles. The van der Waals surface area contributed by atoms with Crippen molar-refractivity contribution in [2.75, 3.05) is 11.9 Å². The van der Waals surface area contributed by atoms with E-state index in [4.69, 9.17) is 5.73 Å². The summed E-state index contributed by atoms with van der Waals surface area (Å²) in [5.41, 5.74) is 8.56. The molecule has 0 saturated heterocycles. The SMILES string of the molecule is CC(C)C(N)CNc1cc2c(/C=C/c3ccc(F)cc3)n[nH]c2cc1F. The van der Waals surface area contributed by atoms with Crippen LogP contribution in [0.3, 0.4) is 0 Å². The van der Waals surface area contributed by atoms with E-state index in [9.17, 15) is 8.78 Å². The summed E-state index contributed by atoms with van der Waals surface area (Å²) in [6.45, 7) is 4.54. The molecule has 3 rings (SSSR count). The van der Waals surface area contributed by atoms with Gasteiger partial charge in [0.15, 0.2) is 0 Å². The monoisotopic (exact) mass is 356 g/mol. The zero-order valence-corrected chi connectivity index (χ0v) is 14.8. The van der Waals surface area contributed by atoms with Crippen molar-refractivity contribution < 1.29 is 8.78 Å². The van der Waals surface area contributed by atoms with Gasteiger partial charge in [-0.25, -0.2) is 8.78 Å². The molecule has 1 atom stereocenters. The molecule has 6 heteroatoms. The molecule has 1 heterocycles. The Morgan fingerprint density at radius 1 is 1.15 bits per heavy atom. The van der Waals surface area contributed by atoms with Crippen molar-refractivity contribution in [1.82, 2.24) is 10.2 Å². The van der Waals surface area contributed by atoms with Crippen LogP contribution in [0.1, 0.15) is 25.1 Å². The number of hydrogen-bond donors (Lipinski definition) is 3. The summed E-state index contributed by atoms with van der Waals surface area (Å²) in [7, 11) is 0. The van der Waals surface area contributed by atoms with Gasteiger partial charge < -0.3 is 11.1 Å². The number of anilines is 1. The number of H-pyrrole nitrogens is 1. The maximum Gasteiger partial charge on any atom is 0.148 e. The first-order valence-electron chi connectivity index (χ1n) is 8.55. The van der Waals surface area contributed by atoms with Crippen LogP contribution in [0.5, 0.6) is 0 Å². The fourth-order valence-corrected chi connectivity index (χ4v) is 2.53. The Kier molecular flexibility index (Phi) is 5.32. The topological polar surface area (TPSA) is 66.7 Å². The smallest absolute Gasteiger partial charge is 0.148 e. The van der Waals surface area contributed by atoms with Crippen LogP contribution >= 0.6 is 0 Å². The molecule has 1 aromatic heterocycles. The number of nitrogens with zero attached hydrogens (tertiary/aromatic N) is 1. The minimum Gasteiger partial charge on any atom is -0.381 e. The van der Waals surface area contributed by atoms with Crippen LogP contribution in [-0.4, -0.2) is 22.8 Å². The molecule has 4 nitrogen and oxygen atoms in total. The summed E-state index contributed by atoms with van der Waals surface area (Å²) in [6, 6.07) is 9.25. The van der Waals surface area contributed by atoms with Crippen molar-refractivity contribution in [3.05, 3.63) is 59.3 Å². The van der Waals surface area contributed by atoms with Crippen molar-refractivity contribution in [3.8, 4) is 0 Å². The van der Waals surface area contributed by atoms with Gasteiger partial charge in [0, 0.05) is 24.0 Å². The zero-order valence-electron chi connectivity index (χ0n) is 14.8. The van der Waals surface area contributed by atoms with Crippen LogP contribution in [0.15, 0.2) is 36.4 Å². The second kappa shape index (κ2) is 7.66. The molecule has 1 unspecified atom stereocenters. The Balaban J connectivity index is 1.85. The summed E-state index contributed by atoms with van der Waals surface area (Å²) >= 11 is 0. The minimum atomic E-state index is -0.355. The summed E-state index contributed by atoms with van der Waals surface area (Å²) in [4.78, 5) is 0. The van der Waals surface area contributed by atoms with E-state index < -0.39 is 0 Å². The molecule has 136 valence electrons. The molecule has 0 fully saturated rings. The first-order chi connectivity index (χ1) is 12.4. The lowest BCUT2D eigenvalue weighted by Crippen LogP contribution is -2.34. The molecule has 3 aromatic rings. The second-order valence-corrected chi connectivity index (χ2v) is 6.66. The van der Waals surface area contributed by atoms with Gasteiger partial charge in [-0.3, -0.25) is 5.10 Å². The van der Waals surface area contributed by atoms with E-state index in [1.807, 2.05) is 26.0 Å². The van der Waals surface area contributed by atoms with E-state index in [1.165, 1.54) is 18.2 Å². The van der Waals surface area contributed by atoms with Gasteiger partial charge in [-0.05, 0) is 35.8 Å². The van der Waals surface area contributed by atoms with E-state index in [0.29, 0.717) is 29.4 Å². The van der Waals surface area contributed by atoms with Crippen LogP contribution in [0, 0.1) is 17.6 Å². The molecular weight excluding hydrogens is 334 g/mol. The number of benzene rings is 2. The molecule has 0 aliphatic heterocycles. The maximum atomic E-state index is 14.3. The van der Waals surface area contributed by atoms with Crippen LogP contribution in [-0.2, 0) is 0 Å². The normalized spacial score (nSPS) is 13.0. The van der Waals surface area contributed by atoms with Crippen LogP contribution in [0.25, 0.3) is 23.1 Å². The Morgan fingerprint density at radius 3 is 2.58 bits per heavy atom. The van der Waals surface area contributed by atoms with Gasteiger partial charge in [-0.2, -0.15) is 5.10 Å². The molecule has 0 amide bonds. The average Bonchev–Trinajstić information content (AvgIpc) is 3.00. The highest BCUT2D eigenvalue weighted by atomic mass is 19.1. The number of halogens is 2. The molecule has 0 saturated carbocycles. The number of aromatic nitrogens is 2. The van der Waals surface area contributed by atoms with Gasteiger partial charge in [0.2, 0.25) is 0 Å². The Hall–Kier alpha value is -2.73. The number of fused-ring (bicyclic) bond motifs is 1. The van der Waals surface area contributed by atoms with Crippen molar-refractivity contribution in [1.29, 1.82) is 0 Å². The Labute approximate surface area is 151 Å². The zero-order chi connectivity index (χ0) is 18.7. The van der Waals surface area contributed by atoms with Gasteiger partial charge in [-0.1, -0.05) is 32.1 Å². The van der Waals surface area contributed by atoms with Crippen molar-refractivity contribution >= 4 is 28.7 Å². The van der Waals surface area contributed by atoms with Crippen molar-refractivity contribution in [2.24, 2.45) is 11.7 Å². The van der Waals surface area contributed by atoms with Gasteiger partial charge in [0.1, 0.15) is 11.6 Å². The van der Waals surface area contributed by atoms with E-state index in [-0.39, 0.29) is 17.7 Å². The summed E-state index contributed by atoms with van der Waals surface area (Å²) in [5, 5.41) is 10.9. The molecule has 4 N–H and O–H groups in total. The van der Waals surface area contributed by atoms with Crippen molar-refractivity contribution in [2.45, 2.75) is 19.9 Å². The summed E-state index contributed by atoms with van der Waals surface area (Å²) in [6.07, 6.45) is 3.65. The van der Waals surface area contributed by atoms with E-state index >= 15 is 0 Å².